The number of furan rings is 1. The highest BCUT2D eigenvalue weighted by molar-refractivity contribution is 5.96. The van der Waals surface area contributed by atoms with Gasteiger partial charge in [-0.05, 0) is 55.7 Å². The Balaban J connectivity index is 1.37. The summed E-state index contributed by atoms with van der Waals surface area (Å²) in [4.78, 5) is 38.6. The van der Waals surface area contributed by atoms with Crippen molar-refractivity contribution in [1.29, 1.82) is 5.26 Å². The molecule has 4 rings (SSSR count). The fourth-order valence-corrected chi connectivity index (χ4v) is 4.11. The van der Waals surface area contributed by atoms with Crippen LogP contribution in [0.2, 0.25) is 0 Å². The summed E-state index contributed by atoms with van der Waals surface area (Å²) in [5.74, 6) is -0.0486. The Labute approximate surface area is 202 Å². The molecule has 0 atom stereocenters. The average molecular weight is 475 g/mol. The van der Waals surface area contributed by atoms with E-state index in [9.17, 15) is 19.6 Å². The number of nitrogens with zero attached hydrogens (tertiary/aromatic N) is 3. The third-order valence-electron chi connectivity index (χ3n) is 6.16. The maximum Gasteiger partial charge on any atom is 0.338 e. The van der Waals surface area contributed by atoms with Crippen LogP contribution in [-0.4, -0.2) is 40.4 Å². The lowest BCUT2D eigenvalue weighted by Crippen LogP contribution is -2.24. The third kappa shape index (κ3) is 5.27. The Kier molecular flexibility index (Phi) is 7.01. The van der Waals surface area contributed by atoms with Gasteiger partial charge in [0.1, 0.15) is 17.6 Å². The lowest BCUT2D eigenvalue weighted by atomic mass is 10.1. The van der Waals surface area contributed by atoms with Gasteiger partial charge in [-0.2, -0.15) is 5.26 Å². The van der Waals surface area contributed by atoms with E-state index in [1.54, 1.807) is 46.1 Å². The number of carbonyl (C=O) groups is 3. The van der Waals surface area contributed by atoms with E-state index in [0.717, 1.165) is 29.8 Å². The van der Waals surface area contributed by atoms with E-state index in [1.807, 2.05) is 19.9 Å². The van der Waals surface area contributed by atoms with Crippen LogP contribution in [0.3, 0.4) is 0 Å². The van der Waals surface area contributed by atoms with E-state index in [1.165, 1.54) is 0 Å². The molecular weight excluding hydrogens is 448 g/mol. The van der Waals surface area contributed by atoms with Crippen molar-refractivity contribution in [3.63, 3.8) is 0 Å². The highest BCUT2D eigenvalue weighted by Crippen LogP contribution is 2.27. The van der Waals surface area contributed by atoms with Crippen molar-refractivity contribution >= 4 is 23.6 Å². The van der Waals surface area contributed by atoms with Gasteiger partial charge < -0.3 is 23.9 Å². The Morgan fingerprint density at radius 2 is 1.94 bits per heavy atom. The maximum absolute atomic E-state index is 12.6. The number of rotatable bonds is 8. The second kappa shape index (κ2) is 10.3. The molecule has 0 aliphatic carbocycles. The van der Waals surface area contributed by atoms with E-state index < -0.39 is 18.5 Å². The van der Waals surface area contributed by atoms with Crippen molar-refractivity contribution < 1.29 is 23.5 Å². The summed E-state index contributed by atoms with van der Waals surface area (Å²) in [6.45, 7) is 4.76. The van der Waals surface area contributed by atoms with Gasteiger partial charge >= 0.3 is 5.97 Å². The van der Waals surface area contributed by atoms with Gasteiger partial charge in [0.25, 0.3) is 5.91 Å². The van der Waals surface area contributed by atoms with E-state index in [4.69, 9.17) is 9.15 Å². The molecule has 0 bridgehead atoms. The van der Waals surface area contributed by atoms with Crippen LogP contribution in [0.5, 0.6) is 0 Å². The number of hydrogen-bond acceptors (Lipinski definition) is 6. The number of nitrogens with one attached hydrogen (secondary N) is 1. The molecule has 3 aromatic rings. The summed E-state index contributed by atoms with van der Waals surface area (Å²) < 4.78 is 12.4. The maximum atomic E-state index is 12.6. The lowest BCUT2D eigenvalue weighted by Gasteiger charge is -2.15. The normalized spacial score (nSPS) is 13.1. The monoisotopic (exact) mass is 474 g/mol. The molecule has 1 saturated heterocycles. The number of hydrogen-bond donors (Lipinski definition) is 1. The van der Waals surface area contributed by atoms with Crippen molar-refractivity contribution in [1.82, 2.24) is 9.47 Å². The second-order valence-corrected chi connectivity index (χ2v) is 8.45. The number of amides is 2. The van der Waals surface area contributed by atoms with Crippen molar-refractivity contribution in [2.24, 2.45) is 0 Å². The first-order valence-electron chi connectivity index (χ1n) is 11.3. The predicted molar refractivity (Wildman–Crippen MR) is 126 cm³/mol. The fourth-order valence-electron chi connectivity index (χ4n) is 4.11. The summed E-state index contributed by atoms with van der Waals surface area (Å²) in [6, 6.07) is 12.5. The molecule has 1 N–H and O–H groups in total. The van der Waals surface area contributed by atoms with Crippen LogP contribution in [0.15, 0.2) is 47.1 Å². The Bertz CT molecular complexity index is 1280. The minimum absolute atomic E-state index is 0.139. The van der Waals surface area contributed by atoms with Crippen molar-refractivity contribution in [3.8, 4) is 6.07 Å². The zero-order chi connectivity index (χ0) is 24.9. The molecule has 0 unspecified atom stereocenters. The van der Waals surface area contributed by atoms with Gasteiger partial charge in [0.05, 0.1) is 23.9 Å². The molecule has 1 aromatic carbocycles. The van der Waals surface area contributed by atoms with E-state index >= 15 is 0 Å². The molecule has 9 nitrogen and oxygen atoms in total. The van der Waals surface area contributed by atoms with Crippen molar-refractivity contribution in [3.05, 3.63) is 76.4 Å². The van der Waals surface area contributed by atoms with Crippen LogP contribution in [0, 0.1) is 25.2 Å². The van der Waals surface area contributed by atoms with Crippen LogP contribution in [-0.2, 0) is 27.4 Å². The van der Waals surface area contributed by atoms with Gasteiger partial charge in [0, 0.05) is 25.2 Å². The van der Waals surface area contributed by atoms with Gasteiger partial charge in [-0.25, -0.2) is 4.79 Å². The molecule has 1 fully saturated rings. The molecule has 3 heterocycles. The van der Waals surface area contributed by atoms with Crippen LogP contribution in [0.1, 0.15) is 51.3 Å². The predicted octanol–water partition coefficient (Wildman–Crippen LogP) is 3.54. The summed E-state index contributed by atoms with van der Waals surface area (Å²) in [5.41, 5.74) is 3.14. The number of ether oxygens (including phenoxy) is 1. The Morgan fingerprint density at radius 3 is 2.57 bits per heavy atom. The van der Waals surface area contributed by atoms with Crippen LogP contribution in [0.4, 0.5) is 5.82 Å². The zero-order valence-corrected chi connectivity index (χ0v) is 19.7. The summed E-state index contributed by atoms with van der Waals surface area (Å²) >= 11 is 0. The molecule has 9 heteroatoms. The first-order valence-corrected chi connectivity index (χ1v) is 11.3. The van der Waals surface area contributed by atoms with E-state index in [0.29, 0.717) is 42.2 Å². The molecule has 35 heavy (non-hydrogen) atoms. The Morgan fingerprint density at radius 1 is 1.17 bits per heavy atom. The highest BCUT2D eigenvalue weighted by atomic mass is 16.5. The number of likely N-dealkylation sites (tertiary alicyclic amines) is 1. The van der Waals surface area contributed by atoms with Gasteiger partial charge in [-0.1, -0.05) is 12.1 Å². The quantitative estimate of drug-likeness (QED) is 0.499. The molecule has 180 valence electrons. The number of aromatic nitrogens is 1. The topological polar surface area (TPSA) is 118 Å². The van der Waals surface area contributed by atoms with Crippen molar-refractivity contribution in [2.45, 2.75) is 39.8 Å². The van der Waals surface area contributed by atoms with Crippen LogP contribution >= 0.6 is 0 Å². The molecule has 1 aliphatic rings. The molecule has 0 radical (unpaired) electrons. The molecule has 2 amide bonds. The first kappa shape index (κ1) is 23.8. The van der Waals surface area contributed by atoms with Crippen molar-refractivity contribution in [2.75, 3.05) is 18.5 Å². The van der Waals surface area contributed by atoms with E-state index in [-0.39, 0.29) is 5.91 Å². The van der Waals surface area contributed by atoms with Gasteiger partial charge in [-0.3, -0.25) is 9.59 Å². The van der Waals surface area contributed by atoms with E-state index in [2.05, 4.69) is 11.4 Å². The summed E-state index contributed by atoms with van der Waals surface area (Å²) in [7, 11) is 0. The van der Waals surface area contributed by atoms with Crippen LogP contribution in [0.25, 0.3) is 0 Å². The van der Waals surface area contributed by atoms with Crippen LogP contribution < -0.4 is 5.32 Å². The average Bonchev–Trinajstić information content (AvgIpc) is 3.56. The second-order valence-electron chi connectivity index (χ2n) is 8.45. The Hall–Kier alpha value is -4.32. The van der Waals surface area contributed by atoms with Gasteiger partial charge in [0.15, 0.2) is 6.61 Å². The molecular formula is C26H26N4O5. The number of benzene rings is 1. The third-order valence-corrected chi connectivity index (χ3v) is 6.16. The molecule has 0 saturated carbocycles. The highest BCUT2D eigenvalue weighted by Gasteiger charge is 2.22. The molecule has 0 spiro atoms. The van der Waals surface area contributed by atoms with Gasteiger partial charge in [0.2, 0.25) is 5.91 Å². The fraction of sp³-hybridized carbons (Fsp3) is 0.308. The first-order chi connectivity index (χ1) is 16.9. The number of carbonyl (C=O) groups excluding carboxylic acids is 3. The lowest BCUT2D eigenvalue weighted by molar-refractivity contribution is -0.128. The zero-order valence-electron chi connectivity index (χ0n) is 19.7. The number of esters is 1. The minimum atomic E-state index is -0.636. The minimum Gasteiger partial charge on any atom is -0.467 e. The SMILES string of the molecule is Cc1c(C#N)c(NC(=O)COC(=O)c2ccc(CN3CCCC3=O)cc2)n(Cc2ccco2)c1C. The molecule has 1 aliphatic heterocycles. The summed E-state index contributed by atoms with van der Waals surface area (Å²) in [6.07, 6.45) is 3.01. The standard InChI is InChI=1S/C26H26N4O5/c1-17-18(2)30(15-21-5-4-12-34-21)25(22(17)13-27)28-23(31)16-35-26(33)20-9-7-19(8-10-20)14-29-11-3-6-24(29)32/h4-5,7-10,12H,3,6,11,14-16H2,1-2H3,(H,28,31). The largest absolute Gasteiger partial charge is 0.467 e. The molecule has 2 aromatic heterocycles. The number of nitriles is 1. The number of anilines is 1. The smallest absolute Gasteiger partial charge is 0.338 e. The van der Waals surface area contributed by atoms with Gasteiger partial charge in [-0.15, -0.1) is 0 Å². The summed E-state index contributed by atoms with van der Waals surface area (Å²) in [5, 5.41) is 12.3.